The van der Waals surface area contributed by atoms with Gasteiger partial charge in [0.1, 0.15) is 11.5 Å². The number of carbonyl (C=O) groups is 1. The highest BCUT2D eigenvalue weighted by atomic mass is 16.3. The second kappa shape index (κ2) is 7.73. The van der Waals surface area contributed by atoms with E-state index in [2.05, 4.69) is 15.6 Å². The van der Waals surface area contributed by atoms with Crippen LogP contribution in [0.15, 0.2) is 15.5 Å². The summed E-state index contributed by atoms with van der Waals surface area (Å²) in [5, 5.41) is 6.65. The number of aryl methyl sites for hydroxylation is 2. The van der Waals surface area contributed by atoms with Gasteiger partial charge in [0.2, 0.25) is 5.91 Å². The van der Waals surface area contributed by atoms with Crippen LogP contribution >= 0.6 is 0 Å². The Hall–Kier alpha value is -1.98. The molecule has 0 bridgehead atoms. The van der Waals surface area contributed by atoms with E-state index < -0.39 is 0 Å². The van der Waals surface area contributed by atoms with Gasteiger partial charge in [-0.1, -0.05) is 12.8 Å². The van der Waals surface area contributed by atoms with E-state index in [0.29, 0.717) is 19.0 Å². The molecule has 0 atom stereocenters. The molecule has 6 nitrogen and oxygen atoms in total. The SMILES string of the molecule is CN=C(NCc1cc(C)oc1C)NCC1(C(=O)N(C)C)CCCC1. The first kappa shape index (κ1) is 18.4. The van der Waals surface area contributed by atoms with Gasteiger partial charge in [-0.05, 0) is 32.8 Å². The van der Waals surface area contributed by atoms with Gasteiger partial charge in [0.05, 0.1) is 5.41 Å². The molecule has 0 aliphatic heterocycles. The third-order valence-electron chi connectivity index (χ3n) is 4.83. The fraction of sp³-hybridized carbons (Fsp3) is 0.667. The summed E-state index contributed by atoms with van der Waals surface area (Å²) in [6.45, 7) is 5.17. The van der Waals surface area contributed by atoms with E-state index in [9.17, 15) is 4.79 Å². The molecule has 0 saturated heterocycles. The number of aliphatic imine (C=N–C) groups is 1. The molecule has 1 aromatic heterocycles. The molecule has 1 fully saturated rings. The first-order valence-electron chi connectivity index (χ1n) is 8.60. The fourth-order valence-corrected chi connectivity index (χ4v) is 3.50. The van der Waals surface area contributed by atoms with Crippen LogP contribution in [0.2, 0.25) is 0 Å². The minimum absolute atomic E-state index is 0.212. The zero-order chi connectivity index (χ0) is 17.7. The minimum atomic E-state index is -0.302. The number of nitrogens with one attached hydrogen (secondary N) is 2. The van der Waals surface area contributed by atoms with Crippen LogP contribution in [-0.2, 0) is 11.3 Å². The van der Waals surface area contributed by atoms with Gasteiger partial charge in [-0.2, -0.15) is 0 Å². The maximum Gasteiger partial charge on any atom is 0.230 e. The van der Waals surface area contributed by atoms with Crippen LogP contribution in [0.4, 0.5) is 0 Å². The highest BCUT2D eigenvalue weighted by Crippen LogP contribution is 2.38. The van der Waals surface area contributed by atoms with E-state index in [1.807, 2.05) is 34.0 Å². The monoisotopic (exact) mass is 334 g/mol. The Kier molecular flexibility index (Phi) is 5.91. The summed E-state index contributed by atoms with van der Waals surface area (Å²) in [5.74, 6) is 2.76. The first-order chi connectivity index (χ1) is 11.4. The standard InChI is InChI=1S/C18H30N4O2/c1-13-10-15(14(2)24-13)11-20-17(19-3)21-12-18(8-6-7-9-18)16(23)22(4)5/h10H,6-9,11-12H2,1-5H3,(H2,19,20,21). The number of furan rings is 1. The van der Waals surface area contributed by atoms with Crippen molar-refractivity contribution in [2.75, 3.05) is 27.7 Å². The van der Waals surface area contributed by atoms with Crippen LogP contribution in [-0.4, -0.2) is 44.5 Å². The average Bonchev–Trinajstić information content (AvgIpc) is 3.14. The van der Waals surface area contributed by atoms with Gasteiger partial charge >= 0.3 is 0 Å². The van der Waals surface area contributed by atoms with Gasteiger partial charge in [0, 0.05) is 39.8 Å². The van der Waals surface area contributed by atoms with Crippen molar-refractivity contribution in [2.24, 2.45) is 10.4 Å². The number of nitrogens with zero attached hydrogens (tertiary/aromatic N) is 2. The number of hydrogen-bond donors (Lipinski definition) is 2. The van der Waals surface area contributed by atoms with Crippen LogP contribution in [0.25, 0.3) is 0 Å². The molecule has 1 amide bonds. The Morgan fingerprint density at radius 3 is 2.46 bits per heavy atom. The van der Waals surface area contributed by atoms with Crippen molar-refractivity contribution in [3.05, 3.63) is 23.2 Å². The number of guanidine groups is 1. The Morgan fingerprint density at radius 2 is 1.96 bits per heavy atom. The number of rotatable bonds is 5. The molecule has 1 aliphatic rings. The van der Waals surface area contributed by atoms with Crippen LogP contribution < -0.4 is 10.6 Å². The predicted octanol–water partition coefficient (Wildman–Crippen LogP) is 2.21. The van der Waals surface area contributed by atoms with Crippen LogP contribution in [0.1, 0.15) is 42.8 Å². The smallest absolute Gasteiger partial charge is 0.230 e. The second-order valence-electron chi connectivity index (χ2n) is 6.90. The summed E-state index contributed by atoms with van der Waals surface area (Å²) in [6.07, 6.45) is 4.10. The third-order valence-corrected chi connectivity index (χ3v) is 4.83. The Labute approximate surface area is 144 Å². The molecule has 1 aliphatic carbocycles. The van der Waals surface area contributed by atoms with Gasteiger partial charge < -0.3 is 20.0 Å². The van der Waals surface area contributed by atoms with Crippen molar-refractivity contribution >= 4 is 11.9 Å². The molecule has 1 aromatic rings. The highest BCUT2D eigenvalue weighted by Gasteiger charge is 2.42. The average molecular weight is 334 g/mol. The second-order valence-corrected chi connectivity index (χ2v) is 6.90. The van der Waals surface area contributed by atoms with E-state index >= 15 is 0 Å². The van der Waals surface area contributed by atoms with E-state index in [4.69, 9.17) is 4.42 Å². The lowest BCUT2D eigenvalue weighted by Gasteiger charge is -2.31. The van der Waals surface area contributed by atoms with Crippen molar-refractivity contribution in [1.29, 1.82) is 0 Å². The molecule has 6 heteroatoms. The summed E-state index contributed by atoms with van der Waals surface area (Å²) in [4.78, 5) is 18.6. The lowest BCUT2D eigenvalue weighted by Crippen LogP contribution is -2.49. The van der Waals surface area contributed by atoms with Gasteiger partial charge in [-0.25, -0.2) is 0 Å². The fourth-order valence-electron chi connectivity index (χ4n) is 3.50. The van der Waals surface area contributed by atoms with Gasteiger partial charge in [0.25, 0.3) is 0 Å². The van der Waals surface area contributed by atoms with E-state index in [1.165, 1.54) is 0 Å². The van der Waals surface area contributed by atoms with Crippen molar-refractivity contribution in [1.82, 2.24) is 15.5 Å². The summed E-state index contributed by atoms with van der Waals surface area (Å²) in [6, 6.07) is 2.03. The lowest BCUT2D eigenvalue weighted by atomic mass is 9.84. The molecule has 0 radical (unpaired) electrons. The quantitative estimate of drug-likeness (QED) is 0.640. The number of carbonyl (C=O) groups excluding carboxylic acids is 1. The molecule has 2 N–H and O–H groups in total. The Morgan fingerprint density at radius 1 is 1.29 bits per heavy atom. The summed E-state index contributed by atoms with van der Waals surface area (Å²) < 4.78 is 5.55. The van der Waals surface area contributed by atoms with Crippen LogP contribution in [0.3, 0.4) is 0 Å². The third kappa shape index (κ3) is 4.10. The minimum Gasteiger partial charge on any atom is -0.466 e. The van der Waals surface area contributed by atoms with Crippen molar-refractivity contribution in [3.63, 3.8) is 0 Å². The zero-order valence-corrected chi connectivity index (χ0v) is 15.5. The summed E-state index contributed by atoms with van der Waals surface area (Å²) in [7, 11) is 5.41. The molecule has 24 heavy (non-hydrogen) atoms. The van der Waals surface area contributed by atoms with E-state index in [-0.39, 0.29) is 11.3 Å². The topological polar surface area (TPSA) is 69.9 Å². The van der Waals surface area contributed by atoms with Gasteiger partial charge in [0.15, 0.2) is 5.96 Å². The molecular formula is C18H30N4O2. The van der Waals surface area contributed by atoms with E-state index in [1.54, 1.807) is 11.9 Å². The van der Waals surface area contributed by atoms with Gasteiger partial charge in [-0.15, -0.1) is 0 Å². The molecule has 1 heterocycles. The molecule has 0 aromatic carbocycles. The maximum absolute atomic E-state index is 12.6. The van der Waals surface area contributed by atoms with Crippen molar-refractivity contribution < 1.29 is 9.21 Å². The Bertz CT molecular complexity index is 598. The number of amides is 1. The zero-order valence-electron chi connectivity index (χ0n) is 15.5. The molecule has 1 saturated carbocycles. The largest absolute Gasteiger partial charge is 0.466 e. The summed E-state index contributed by atoms with van der Waals surface area (Å²) >= 11 is 0. The van der Waals surface area contributed by atoms with Gasteiger partial charge in [-0.3, -0.25) is 9.79 Å². The molecule has 134 valence electrons. The predicted molar refractivity (Wildman–Crippen MR) is 96.0 cm³/mol. The Balaban J connectivity index is 1.95. The molecule has 2 rings (SSSR count). The first-order valence-corrected chi connectivity index (χ1v) is 8.60. The molecule has 0 spiro atoms. The van der Waals surface area contributed by atoms with Crippen LogP contribution in [0.5, 0.6) is 0 Å². The molecule has 0 unspecified atom stereocenters. The van der Waals surface area contributed by atoms with Crippen LogP contribution in [0, 0.1) is 19.3 Å². The molecular weight excluding hydrogens is 304 g/mol. The van der Waals surface area contributed by atoms with E-state index in [0.717, 1.165) is 42.8 Å². The number of hydrogen-bond acceptors (Lipinski definition) is 3. The van der Waals surface area contributed by atoms with Crippen molar-refractivity contribution in [3.8, 4) is 0 Å². The van der Waals surface area contributed by atoms with Crippen molar-refractivity contribution in [2.45, 2.75) is 46.1 Å². The maximum atomic E-state index is 12.6. The lowest BCUT2D eigenvalue weighted by molar-refractivity contribution is -0.138. The summed E-state index contributed by atoms with van der Waals surface area (Å²) in [5.41, 5.74) is 0.818. The normalized spacial score (nSPS) is 17.0. The highest BCUT2D eigenvalue weighted by molar-refractivity contribution is 5.85.